The number of carbonyl (C=O) groups excluding carboxylic acids is 4. The average molecular weight is 1660 g/mol. The number of rotatable bonds is 22. The van der Waals surface area contributed by atoms with E-state index in [9.17, 15) is 34.2 Å². The number of allylic oxidation sites excluding steroid dienone is 2. The van der Waals surface area contributed by atoms with Crippen LogP contribution >= 0.6 is 15.9 Å². The zero-order valence-electron chi connectivity index (χ0n) is 67.4. The molecular formula is C101H103BrN2O15. The molecule has 0 fully saturated rings. The number of nitrogens with one attached hydrogen (secondary N) is 1. The number of Topliss-reactive ketones (excluding diaryl/α,β-unsaturated/α-hetero) is 1. The predicted octanol–water partition coefficient (Wildman–Crippen LogP) is 22.0. The third-order valence-electron chi connectivity index (χ3n) is 17.3. The van der Waals surface area contributed by atoms with Gasteiger partial charge in [-0.05, 0) is 157 Å². The number of benzene rings is 12. The van der Waals surface area contributed by atoms with Crippen LogP contribution in [0.4, 0.5) is 4.79 Å². The van der Waals surface area contributed by atoms with Gasteiger partial charge in [0.15, 0.2) is 5.78 Å². The molecule has 6 N–H and O–H groups in total. The summed E-state index contributed by atoms with van der Waals surface area (Å²) in [7, 11) is 0. The second kappa shape index (κ2) is 54.4. The normalized spacial score (nSPS) is 12.3. The summed E-state index contributed by atoms with van der Waals surface area (Å²) in [4.78, 5) is 60.7. The van der Waals surface area contributed by atoms with E-state index in [1.807, 2.05) is 218 Å². The molecule has 14 rings (SSSR count). The molecule has 0 saturated carbocycles. The quantitative estimate of drug-likeness (QED) is 0.00921. The van der Waals surface area contributed by atoms with Crippen LogP contribution in [-0.4, -0.2) is 105 Å². The lowest BCUT2D eigenvalue weighted by Gasteiger charge is -2.16. The highest BCUT2D eigenvalue weighted by Gasteiger charge is 2.27. The number of hydrogen-bond acceptors (Lipinski definition) is 15. The summed E-state index contributed by atoms with van der Waals surface area (Å²) in [5, 5.41) is 47.9. The van der Waals surface area contributed by atoms with Gasteiger partial charge in [-0.1, -0.05) is 316 Å². The van der Waals surface area contributed by atoms with Gasteiger partial charge < -0.3 is 49.6 Å². The van der Waals surface area contributed by atoms with Crippen molar-refractivity contribution in [1.29, 1.82) is 0 Å². The second-order valence-corrected chi connectivity index (χ2v) is 27.3. The molecule has 12 aromatic rings. The molecule has 0 radical (unpaired) electrons. The number of alkyl halides is 1. The Bertz CT molecular complexity index is 5020. The molecule has 0 bridgehead atoms. The molecule has 4 atom stereocenters. The van der Waals surface area contributed by atoms with Gasteiger partial charge in [0.2, 0.25) is 6.08 Å². The summed E-state index contributed by atoms with van der Waals surface area (Å²) in [5.74, 6) is 1.28. The lowest BCUT2D eigenvalue weighted by molar-refractivity contribution is -0.231. The van der Waals surface area contributed by atoms with Gasteiger partial charge >= 0.3 is 18.0 Å². The van der Waals surface area contributed by atoms with E-state index in [4.69, 9.17) is 34.4 Å². The van der Waals surface area contributed by atoms with Crippen molar-refractivity contribution < 1.29 is 73.5 Å². The molecule has 12 aromatic carbocycles. The second-order valence-electron chi connectivity index (χ2n) is 26.6. The van der Waals surface area contributed by atoms with Crippen LogP contribution in [0.25, 0.3) is 55.6 Å². The lowest BCUT2D eigenvalue weighted by Crippen LogP contribution is -2.43. The van der Waals surface area contributed by atoms with Gasteiger partial charge in [-0.15, -0.1) is 13.2 Å². The highest BCUT2D eigenvalue weighted by Crippen LogP contribution is 2.35. The predicted molar refractivity (Wildman–Crippen MR) is 479 cm³/mol. The number of carbonyl (C=O) groups is 4. The van der Waals surface area contributed by atoms with Crippen LogP contribution in [0.1, 0.15) is 61.9 Å². The van der Waals surface area contributed by atoms with Crippen LogP contribution in [0.5, 0.6) is 28.7 Å². The molecule has 614 valence electrons. The van der Waals surface area contributed by atoms with Crippen LogP contribution < -0.4 is 19.5 Å². The molecule has 2 aliphatic heterocycles. The van der Waals surface area contributed by atoms with Gasteiger partial charge in [-0.3, -0.25) is 4.79 Å². The van der Waals surface area contributed by atoms with Crippen molar-refractivity contribution in [2.45, 2.75) is 90.5 Å². The van der Waals surface area contributed by atoms with Gasteiger partial charge in [0.25, 0.3) is 0 Å². The first-order valence-corrected chi connectivity index (χ1v) is 39.8. The molecular weight excluding hydrogens is 1560 g/mol. The molecule has 17 nitrogen and oxygen atoms in total. The fourth-order valence-electron chi connectivity index (χ4n) is 11.6. The highest BCUT2D eigenvalue weighted by atomic mass is 79.9. The van der Waals surface area contributed by atoms with Gasteiger partial charge in [-0.2, -0.15) is 10.2 Å². The van der Waals surface area contributed by atoms with Gasteiger partial charge in [0.1, 0.15) is 66.3 Å². The number of carboxylic acids is 1. The minimum Gasteiger partial charge on any atom is -0.508 e. The van der Waals surface area contributed by atoms with E-state index in [-0.39, 0.29) is 37.6 Å². The summed E-state index contributed by atoms with van der Waals surface area (Å²) in [5.41, 5.74) is 16.6. The summed E-state index contributed by atoms with van der Waals surface area (Å²) in [6, 6.07) is 101. The fraction of sp³-hybridized carbons (Fsp3) is 0.178. The van der Waals surface area contributed by atoms with Crippen molar-refractivity contribution in [1.82, 2.24) is 5.32 Å². The van der Waals surface area contributed by atoms with Gasteiger partial charge in [-0.25, -0.2) is 19.2 Å². The minimum absolute atomic E-state index is 0.0405. The molecule has 2 heterocycles. The van der Waals surface area contributed by atoms with Crippen molar-refractivity contribution in [3.8, 4) is 84.4 Å². The first kappa shape index (κ1) is 94.4. The molecule has 0 aliphatic carbocycles. The number of ether oxygens (including phenoxy) is 4. The third-order valence-corrected chi connectivity index (χ3v) is 17.8. The van der Waals surface area contributed by atoms with Crippen molar-refractivity contribution >= 4 is 45.8 Å². The van der Waals surface area contributed by atoms with E-state index in [0.717, 1.165) is 86.0 Å². The Hall–Kier alpha value is -13.5. The molecule has 18 heteroatoms. The maximum Gasteiger partial charge on any atom is 0.407 e. The van der Waals surface area contributed by atoms with E-state index in [2.05, 4.69) is 144 Å². The number of aromatic hydroxyl groups is 2. The van der Waals surface area contributed by atoms with Gasteiger partial charge in [0, 0.05) is 37.9 Å². The summed E-state index contributed by atoms with van der Waals surface area (Å²) >= 11 is 3.13. The smallest absolute Gasteiger partial charge is 0.407 e. The number of alkyl carbamates (subject to hydrolysis) is 1. The van der Waals surface area contributed by atoms with Crippen molar-refractivity contribution in [2.24, 2.45) is 4.99 Å². The number of ketones is 1. The molecule has 0 aromatic heterocycles. The van der Waals surface area contributed by atoms with E-state index < -0.39 is 30.1 Å². The summed E-state index contributed by atoms with van der Waals surface area (Å²) in [6.07, 6.45) is 9.61. The van der Waals surface area contributed by atoms with Crippen molar-refractivity contribution in [3.63, 3.8) is 0 Å². The lowest BCUT2D eigenvalue weighted by atomic mass is 10.0. The number of fused-ring (bicyclic) bond motifs is 2. The highest BCUT2D eigenvalue weighted by molar-refractivity contribution is 9.09. The maximum absolute atomic E-state index is 12.2. The van der Waals surface area contributed by atoms with E-state index in [0.29, 0.717) is 37.4 Å². The third kappa shape index (κ3) is 34.9. The summed E-state index contributed by atoms with van der Waals surface area (Å²) in [6.45, 7) is 18.2. The van der Waals surface area contributed by atoms with Gasteiger partial charge in [0.05, 0.1) is 6.61 Å². The number of phenolic OH excluding ortho intramolecular Hbond substituents is 2. The number of halogens is 1. The van der Waals surface area contributed by atoms with Crippen LogP contribution in [0.2, 0.25) is 0 Å². The average Bonchev–Trinajstić information content (AvgIpc) is 1.69. The molecule has 0 saturated heterocycles. The zero-order chi connectivity index (χ0) is 85.8. The van der Waals surface area contributed by atoms with E-state index in [1.54, 1.807) is 36.4 Å². The Kier molecular flexibility index (Phi) is 43.1. The first-order chi connectivity index (χ1) is 57.8. The fourth-order valence-corrected chi connectivity index (χ4v) is 11.6. The number of isocyanates is 1. The number of phenols is 2. The van der Waals surface area contributed by atoms with E-state index >= 15 is 0 Å². The Morgan fingerprint density at radius 3 is 1.28 bits per heavy atom. The zero-order valence-corrected chi connectivity index (χ0v) is 69.0. The van der Waals surface area contributed by atoms with Crippen LogP contribution in [0.15, 0.2) is 358 Å². The molecule has 119 heavy (non-hydrogen) atoms. The number of carboxylic acid groups (broad SMARTS) is 1. The monoisotopic (exact) mass is 1660 g/mol. The summed E-state index contributed by atoms with van der Waals surface area (Å²) < 4.78 is 22.2. The Morgan fingerprint density at radius 2 is 0.891 bits per heavy atom. The number of aliphatic imine (C=N–C) groups is 1. The van der Waals surface area contributed by atoms with Crippen LogP contribution in [0.3, 0.4) is 0 Å². The number of hydrogen-bond donors (Lipinski definition) is 6. The van der Waals surface area contributed by atoms with Crippen LogP contribution in [0, 0.1) is 0 Å². The minimum atomic E-state index is -1.11. The number of amides is 1. The molecule has 0 spiro atoms. The topological polar surface area (TPSA) is 257 Å². The Balaban J connectivity index is 0.000000221. The standard InChI is InChI=1S/C25H23NO5.C15H14O2.2C15H14O.C12H10O.C11H11NO2.C3H5Br.C3H8.C2H4O3/c27-24(28)22(13-17-7-3-1-4-8-17)26-25(29)30-16-21-15-20-14-19(11-12-23(20)31-21)18-9-5-2-6-10-18;16-10-14-9-13-8-12(6-7-15(13)17-14)11-4-2-1-3-5-11;1-2-12-16-15-10-8-14(9-11-15)13-6-4-3-5-7-13;1-2-6-14-11-13(9-10-15(14)16)12-7-4-3-5-8-12;13-12-8-6-11(7-9-12)10-4-2-1-3-5-10;1-9(14)11(12-8-13)7-10-5-3-2-4-6-10;1-2-3-4;1-3-2;1-2(3)5-4/h1-12,14,21-22H,13,15-16H2,(H,26,29)(H,27,28);1-8,14,16H,9-10H2;2-11H,1,12H2;2-5,7-11,16H,1,6H2;1-9,13H;2-6,11H,7H2,1H3;2H,1,3H2;3H2,1-2H3;4H,1H3. The number of nitrogens with zero attached hydrogens (tertiary/aromatic N) is 1. The van der Waals surface area contributed by atoms with Crippen molar-refractivity contribution in [3.05, 3.63) is 381 Å². The molecule has 2 aliphatic rings. The number of aliphatic hydroxyl groups is 1. The van der Waals surface area contributed by atoms with Crippen LogP contribution in [-0.2, 0) is 60.9 Å². The maximum atomic E-state index is 12.2. The molecule has 4 unspecified atom stereocenters. The Labute approximate surface area is 706 Å². The number of aliphatic hydroxyl groups excluding tert-OH is 1. The number of aliphatic carboxylic acids is 1. The largest absolute Gasteiger partial charge is 0.508 e. The molecule has 1 amide bonds. The SMILES string of the molecule is C=CCBr.C=CCOc1ccc(-c2ccccc2)cc1.C=CCc1cc(-c2ccccc2)ccc1O.CC(=O)C(Cc1ccccc1)N=C=O.CC(=O)OO.CCC.O=C(NC(Cc1ccccc1)C(=O)O)OCC1Cc2cc(-c3ccccc3)ccc2O1.OCC1Cc2cc(-c3ccccc3)ccc2O1.Oc1ccc(-c2ccccc2)cc1. The van der Waals surface area contributed by atoms with Crippen molar-refractivity contribution in [2.75, 3.05) is 25.2 Å². The van der Waals surface area contributed by atoms with E-state index in [1.165, 1.54) is 52.8 Å². The first-order valence-electron chi connectivity index (χ1n) is 38.7. The Morgan fingerprint density at radius 1 is 0.521 bits per heavy atom.